The molecule has 3 nitrogen and oxygen atoms in total. The molecule has 0 spiro atoms. The van der Waals surface area contributed by atoms with Crippen LogP contribution in [0.5, 0.6) is 0 Å². The Morgan fingerprint density at radius 1 is 1.33 bits per heavy atom. The van der Waals surface area contributed by atoms with Crippen molar-refractivity contribution in [2.24, 2.45) is 5.73 Å². The zero-order valence-electron chi connectivity index (χ0n) is 10.4. The van der Waals surface area contributed by atoms with Crippen molar-refractivity contribution in [2.45, 2.75) is 26.3 Å². The Hall–Kier alpha value is -1.45. The van der Waals surface area contributed by atoms with E-state index in [1.54, 1.807) is 0 Å². The molecule has 0 unspecified atom stereocenters. The lowest BCUT2D eigenvalue weighted by atomic mass is 10.1. The molecular weight excluding hydrogens is 246 g/mol. The van der Waals surface area contributed by atoms with Crippen LogP contribution in [0.1, 0.15) is 24.6 Å². The predicted octanol–water partition coefficient (Wildman–Crippen LogP) is 3.21. The highest BCUT2D eigenvalue weighted by atomic mass is 35.5. The zero-order valence-corrected chi connectivity index (χ0v) is 11.1. The smallest absolute Gasteiger partial charge is 0.159 e. The lowest BCUT2D eigenvalue weighted by Gasteiger charge is -2.08. The molecular formula is C14H16ClN3. The third-order valence-corrected chi connectivity index (χ3v) is 2.98. The van der Waals surface area contributed by atoms with Crippen LogP contribution < -0.4 is 5.73 Å². The highest BCUT2D eigenvalue weighted by molar-refractivity contribution is 6.30. The molecule has 0 atom stereocenters. The summed E-state index contributed by atoms with van der Waals surface area (Å²) in [6, 6.07) is 7.57. The lowest BCUT2D eigenvalue weighted by molar-refractivity contribution is 0.840. The fourth-order valence-electron chi connectivity index (χ4n) is 1.83. The third kappa shape index (κ3) is 2.86. The van der Waals surface area contributed by atoms with Crippen LogP contribution in [0.3, 0.4) is 0 Å². The molecule has 94 valence electrons. The first-order valence-electron chi connectivity index (χ1n) is 6.05. The average molecular weight is 262 g/mol. The SMILES string of the molecule is CCCc1nc(-c2cccc(Cl)c2)ncc1CN. The van der Waals surface area contributed by atoms with Gasteiger partial charge < -0.3 is 5.73 Å². The van der Waals surface area contributed by atoms with Gasteiger partial charge in [-0.25, -0.2) is 9.97 Å². The summed E-state index contributed by atoms with van der Waals surface area (Å²) >= 11 is 5.98. The topological polar surface area (TPSA) is 51.8 Å². The van der Waals surface area contributed by atoms with E-state index in [1.165, 1.54) is 0 Å². The first-order valence-corrected chi connectivity index (χ1v) is 6.43. The van der Waals surface area contributed by atoms with Gasteiger partial charge in [-0.15, -0.1) is 0 Å². The monoisotopic (exact) mass is 261 g/mol. The summed E-state index contributed by atoms with van der Waals surface area (Å²) in [6.07, 6.45) is 3.77. The summed E-state index contributed by atoms with van der Waals surface area (Å²) in [5, 5.41) is 0.691. The summed E-state index contributed by atoms with van der Waals surface area (Å²) in [6.45, 7) is 2.60. The van der Waals surface area contributed by atoms with E-state index >= 15 is 0 Å². The first kappa shape index (κ1) is 13.0. The number of hydrogen-bond donors (Lipinski definition) is 1. The van der Waals surface area contributed by atoms with Gasteiger partial charge in [0.2, 0.25) is 0 Å². The van der Waals surface area contributed by atoms with Crippen molar-refractivity contribution >= 4 is 11.6 Å². The summed E-state index contributed by atoms with van der Waals surface area (Å²) in [5.41, 5.74) is 8.68. The lowest BCUT2D eigenvalue weighted by Crippen LogP contribution is -2.06. The molecule has 2 aromatic rings. The number of rotatable bonds is 4. The Bertz CT molecular complexity index is 540. The fourth-order valence-corrected chi connectivity index (χ4v) is 2.02. The van der Waals surface area contributed by atoms with Crippen LogP contribution in [0.4, 0.5) is 0 Å². The number of nitrogens with two attached hydrogens (primary N) is 1. The number of halogens is 1. The third-order valence-electron chi connectivity index (χ3n) is 2.74. The number of aromatic nitrogens is 2. The van der Waals surface area contributed by atoms with Gasteiger partial charge in [0.05, 0.1) is 0 Å². The number of hydrogen-bond acceptors (Lipinski definition) is 3. The zero-order chi connectivity index (χ0) is 13.0. The largest absolute Gasteiger partial charge is 0.326 e. The van der Waals surface area contributed by atoms with Gasteiger partial charge in [-0.05, 0) is 18.6 Å². The normalized spacial score (nSPS) is 10.6. The van der Waals surface area contributed by atoms with E-state index in [0.29, 0.717) is 17.4 Å². The van der Waals surface area contributed by atoms with Gasteiger partial charge >= 0.3 is 0 Å². The van der Waals surface area contributed by atoms with Crippen molar-refractivity contribution in [1.29, 1.82) is 0 Å². The summed E-state index contributed by atoms with van der Waals surface area (Å²) in [4.78, 5) is 8.95. The van der Waals surface area contributed by atoms with E-state index in [2.05, 4.69) is 16.9 Å². The molecule has 0 fully saturated rings. The molecule has 0 aliphatic rings. The molecule has 0 saturated heterocycles. The molecule has 18 heavy (non-hydrogen) atoms. The van der Waals surface area contributed by atoms with Gasteiger partial charge in [0.25, 0.3) is 0 Å². The maximum atomic E-state index is 5.98. The molecule has 0 amide bonds. The molecule has 1 heterocycles. The molecule has 0 bridgehead atoms. The van der Waals surface area contributed by atoms with E-state index in [9.17, 15) is 0 Å². The summed E-state index contributed by atoms with van der Waals surface area (Å²) < 4.78 is 0. The molecule has 0 aliphatic heterocycles. The summed E-state index contributed by atoms with van der Waals surface area (Å²) in [7, 11) is 0. The quantitative estimate of drug-likeness (QED) is 0.919. The minimum atomic E-state index is 0.477. The van der Waals surface area contributed by atoms with Gasteiger partial charge in [0.15, 0.2) is 5.82 Å². The second kappa shape index (κ2) is 5.94. The maximum absolute atomic E-state index is 5.98. The van der Waals surface area contributed by atoms with Crippen LogP contribution in [0, 0.1) is 0 Å². The van der Waals surface area contributed by atoms with Gasteiger partial charge in [-0.2, -0.15) is 0 Å². The minimum Gasteiger partial charge on any atom is -0.326 e. The second-order valence-corrected chi connectivity index (χ2v) is 4.57. The van der Waals surface area contributed by atoms with Crippen LogP contribution in [-0.4, -0.2) is 9.97 Å². The maximum Gasteiger partial charge on any atom is 0.159 e. The number of nitrogens with zero attached hydrogens (tertiary/aromatic N) is 2. The van der Waals surface area contributed by atoms with Crippen LogP contribution >= 0.6 is 11.6 Å². The average Bonchev–Trinajstić information content (AvgIpc) is 2.39. The Kier molecular flexibility index (Phi) is 4.28. The van der Waals surface area contributed by atoms with Gasteiger partial charge in [0, 0.05) is 34.6 Å². The summed E-state index contributed by atoms with van der Waals surface area (Å²) in [5.74, 6) is 0.707. The minimum absolute atomic E-state index is 0.477. The van der Waals surface area contributed by atoms with Gasteiger partial charge in [-0.1, -0.05) is 37.1 Å². The second-order valence-electron chi connectivity index (χ2n) is 4.13. The predicted molar refractivity (Wildman–Crippen MR) is 74.4 cm³/mol. The molecule has 2 rings (SSSR count). The van der Waals surface area contributed by atoms with Crippen LogP contribution in [0.25, 0.3) is 11.4 Å². The van der Waals surface area contributed by atoms with E-state index in [1.807, 2.05) is 30.5 Å². The first-order chi connectivity index (χ1) is 8.74. The van der Waals surface area contributed by atoms with Crippen molar-refractivity contribution in [3.8, 4) is 11.4 Å². The molecule has 1 aromatic carbocycles. The highest BCUT2D eigenvalue weighted by Crippen LogP contribution is 2.20. The van der Waals surface area contributed by atoms with E-state index < -0.39 is 0 Å². The van der Waals surface area contributed by atoms with Crippen molar-refractivity contribution in [3.63, 3.8) is 0 Å². The molecule has 4 heteroatoms. The van der Waals surface area contributed by atoms with Gasteiger partial charge in [-0.3, -0.25) is 0 Å². The molecule has 0 aliphatic carbocycles. The Labute approximate surface area is 112 Å². The van der Waals surface area contributed by atoms with Gasteiger partial charge in [0.1, 0.15) is 0 Å². The number of benzene rings is 1. The van der Waals surface area contributed by atoms with Crippen molar-refractivity contribution in [1.82, 2.24) is 9.97 Å². The Balaban J connectivity index is 2.43. The van der Waals surface area contributed by atoms with E-state index in [0.717, 1.165) is 29.7 Å². The number of aryl methyl sites for hydroxylation is 1. The molecule has 0 radical (unpaired) electrons. The molecule has 0 saturated carbocycles. The van der Waals surface area contributed by atoms with Crippen LogP contribution in [0.15, 0.2) is 30.5 Å². The van der Waals surface area contributed by atoms with E-state index in [4.69, 9.17) is 17.3 Å². The van der Waals surface area contributed by atoms with Crippen molar-refractivity contribution < 1.29 is 0 Å². The Morgan fingerprint density at radius 2 is 2.17 bits per heavy atom. The van der Waals surface area contributed by atoms with Crippen molar-refractivity contribution in [2.75, 3.05) is 0 Å². The molecule has 2 N–H and O–H groups in total. The van der Waals surface area contributed by atoms with Crippen LogP contribution in [0.2, 0.25) is 5.02 Å². The molecule has 1 aromatic heterocycles. The fraction of sp³-hybridized carbons (Fsp3) is 0.286. The van der Waals surface area contributed by atoms with E-state index in [-0.39, 0.29) is 0 Å². The van der Waals surface area contributed by atoms with Crippen molar-refractivity contribution in [3.05, 3.63) is 46.7 Å². The van der Waals surface area contributed by atoms with Crippen LogP contribution in [-0.2, 0) is 13.0 Å². The standard InChI is InChI=1S/C14H16ClN3/c1-2-4-13-11(8-16)9-17-14(18-13)10-5-3-6-12(15)7-10/h3,5-7,9H,2,4,8,16H2,1H3. The highest BCUT2D eigenvalue weighted by Gasteiger charge is 2.07. The Morgan fingerprint density at radius 3 is 2.83 bits per heavy atom.